The van der Waals surface area contributed by atoms with Gasteiger partial charge in [0.2, 0.25) is 0 Å². The van der Waals surface area contributed by atoms with Crippen LogP contribution in [-0.2, 0) is 9.59 Å². The Morgan fingerprint density at radius 2 is 0.929 bits per heavy atom. The van der Waals surface area contributed by atoms with Crippen molar-refractivity contribution in [3.05, 3.63) is 58.7 Å². The van der Waals surface area contributed by atoms with E-state index >= 15 is 0 Å². The van der Waals surface area contributed by atoms with E-state index in [1.807, 2.05) is 64.1 Å². The van der Waals surface area contributed by atoms with Crippen LogP contribution in [0.1, 0.15) is 47.9 Å². The van der Waals surface area contributed by atoms with Crippen LogP contribution in [0.5, 0.6) is 0 Å². The van der Waals surface area contributed by atoms with Crippen LogP contribution in [0, 0.1) is 27.7 Å². The smallest absolute Gasteiger partial charge is 0.303 e. The van der Waals surface area contributed by atoms with E-state index in [0.29, 0.717) is 12.8 Å². The van der Waals surface area contributed by atoms with E-state index in [9.17, 15) is 9.59 Å². The molecule has 0 aliphatic heterocycles. The number of hydrogen-bond acceptors (Lipinski definition) is 4. The molecule has 0 atom stereocenters. The number of anilines is 2. The minimum Gasteiger partial charge on any atom is -0.481 e. The Hall–Kier alpha value is -3.02. The Morgan fingerprint density at radius 3 is 1.11 bits per heavy atom. The minimum absolute atomic E-state index is 0.0628. The van der Waals surface area contributed by atoms with Crippen molar-refractivity contribution in [2.75, 3.05) is 11.5 Å². The van der Waals surface area contributed by atoms with Crippen molar-refractivity contribution in [2.24, 2.45) is 0 Å². The highest BCUT2D eigenvalue weighted by atomic mass is 16.4. The summed E-state index contributed by atoms with van der Waals surface area (Å²) in [5, 5.41) is 16.3. The topological polar surface area (TPSA) is 127 Å². The summed E-state index contributed by atoms with van der Waals surface area (Å²) in [5.74, 6) is -1.74. The predicted octanol–water partition coefficient (Wildman–Crippen LogP) is 4.49. The van der Waals surface area contributed by atoms with Crippen molar-refractivity contribution in [1.29, 1.82) is 0 Å². The number of aryl methyl sites for hydroxylation is 4. The highest BCUT2D eigenvalue weighted by Gasteiger charge is 1.99. The Labute approximate surface area is 167 Å². The molecule has 0 aliphatic carbocycles. The molecule has 0 amide bonds. The van der Waals surface area contributed by atoms with Crippen LogP contribution in [0.4, 0.5) is 11.4 Å². The lowest BCUT2D eigenvalue weighted by Gasteiger charge is -2.00. The van der Waals surface area contributed by atoms with Crippen LogP contribution in [0.15, 0.2) is 36.4 Å². The number of carboxylic acid groups (broad SMARTS) is 2. The quantitative estimate of drug-likeness (QED) is 0.441. The first-order valence-corrected chi connectivity index (χ1v) is 9.13. The molecule has 0 saturated heterocycles. The van der Waals surface area contributed by atoms with Crippen LogP contribution in [0.2, 0.25) is 0 Å². The van der Waals surface area contributed by atoms with Gasteiger partial charge >= 0.3 is 11.9 Å². The largest absolute Gasteiger partial charge is 0.481 e. The third-order valence-electron chi connectivity index (χ3n) is 4.12. The molecule has 0 bridgehead atoms. The molecule has 6 nitrogen and oxygen atoms in total. The number of hydrogen-bond donors (Lipinski definition) is 4. The molecule has 2 rings (SSSR count). The van der Waals surface area contributed by atoms with Gasteiger partial charge in [0.1, 0.15) is 0 Å². The summed E-state index contributed by atoms with van der Waals surface area (Å²) >= 11 is 0. The summed E-state index contributed by atoms with van der Waals surface area (Å²) in [5.41, 5.74) is 17.8. The van der Waals surface area contributed by atoms with E-state index in [-0.39, 0.29) is 12.8 Å². The van der Waals surface area contributed by atoms with Crippen molar-refractivity contribution >= 4 is 23.3 Å². The van der Waals surface area contributed by atoms with Gasteiger partial charge in [-0.15, -0.1) is 0 Å². The summed E-state index contributed by atoms with van der Waals surface area (Å²) in [6.45, 7) is 8.06. The number of para-hydroxylation sites is 2. The molecule has 2 aromatic carbocycles. The van der Waals surface area contributed by atoms with Crippen LogP contribution in [0.3, 0.4) is 0 Å². The molecule has 0 aliphatic rings. The highest BCUT2D eigenvalue weighted by molar-refractivity contribution is 5.67. The fourth-order valence-corrected chi connectivity index (χ4v) is 2.21. The molecule has 0 heterocycles. The van der Waals surface area contributed by atoms with Gasteiger partial charge in [0.25, 0.3) is 0 Å². The van der Waals surface area contributed by atoms with Gasteiger partial charge in [-0.2, -0.15) is 0 Å². The maximum absolute atomic E-state index is 9.90. The SMILES string of the molecule is Cc1cccc(C)c1N.Cc1cccc(C)c1N.O=C(O)CCCCC(=O)O. The van der Waals surface area contributed by atoms with Gasteiger partial charge in [0, 0.05) is 24.2 Å². The second kappa shape index (κ2) is 13.2. The van der Waals surface area contributed by atoms with E-state index in [2.05, 4.69) is 0 Å². The van der Waals surface area contributed by atoms with Crippen LogP contribution >= 0.6 is 0 Å². The molecule has 0 fully saturated rings. The lowest BCUT2D eigenvalue weighted by atomic mass is 10.1. The Bertz CT molecular complexity index is 667. The maximum atomic E-state index is 9.90. The summed E-state index contributed by atoms with van der Waals surface area (Å²) in [6.07, 6.45) is 1.02. The van der Waals surface area contributed by atoms with Crippen LogP contribution in [0.25, 0.3) is 0 Å². The number of unbranched alkanes of at least 4 members (excludes halogenated alkanes) is 1. The Kier molecular flexibility index (Phi) is 11.8. The van der Waals surface area contributed by atoms with Gasteiger partial charge in [-0.1, -0.05) is 36.4 Å². The van der Waals surface area contributed by atoms with Crippen molar-refractivity contribution in [3.8, 4) is 0 Å². The van der Waals surface area contributed by atoms with Gasteiger partial charge in [0.15, 0.2) is 0 Å². The van der Waals surface area contributed by atoms with Gasteiger partial charge in [0.05, 0.1) is 0 Å². The average molecular weight is 389 g/mol. The fourth-order valence-electron chi connectivity index (χ4n) is 2.21. The van der Waals surface area contributed by atoms with Crippen LogP contribution in [-0.4, -0.2) is 22.2 Å². The standard InChI is InChI=1S/2C8H11N.C6H10O4/c2*1-6-4-3-5-7(2)8(6)9;7-5(8)3-1-2-4-6(9)10/h2*3-5H,9H2,1-2H3;1-4H2,(H,7,8)(H,9,10). The molecule has 0 saturated carbocycles. The molecular weight excluding hydrogens is 356 g/mol. The monoisotopic (exact) mass is 388 g/mol. The van der Waals surface area contributed by atoms with Crippen molar-refractivity contribution in [3.63, 3.8) is 0 Å². The lowest BCUT2D eigenvalue weighted by molar-refractivity contribution is -0.139. The van der Waals surface area contributed by atoms with Gasteiger partial charge in [-0.25, -0.2) is 0 Å². The first kappa shape index (κ1) is 25.0. The predicted molar refractivity (Wildman–Crippen MR) is 114 cm³/mol. The van der Waals surface area contributed by atoms with E-state index < -0.39 is 11.9 Å². The van der Waals surface area contributed by atoms with E-state index in [4.69, 9.17) is 21.7 Å². The zero-order valence-corrected chi connectivity index (χ0v) is 17.2. The lowest BCUT2D eigenvalue weighted by Crippen LogP contribution is -1.97. The Balaban J connectivity index is 0.000000391. The molecule has 6 N–H and O–H groups in total. The number of nitrogen functional groups attached to an aromatic ring is 2. The number of aliphatic carboxylic acids is 2. The molecule has 6 heteroatoms. The molecule has 0 aromatic heterocycles. The second-order valence-electron chi connectivity index (χ2n) is 6.61. The van der Waals surface area contributed by atoms with E-state index in [0.717, 1.165) is 33.6 Å². The number of carbonyl (C=O) groups is 2. The van der Waals surface area contributed by atoms with Gasteiger partial charge in [-0.3, -0.25) is 9.59 Å². The average Bonchev–Trinajstić information content (AvgIpc) is 2.62. The molecule has 154 valence electrons. The minimum atomic E-state index is -0.870. The van der Waals surface area contributed by atoms with Crippen molar-refractivity contribution in [2.45, 2.75) is 53.4 Å². The third-order valence-corrected chi connectivity index (χ3v) is 4.12. The first-order valence-electron chi connectivity index (χ1n) is 9.13. The highest BCUT2D eigenvalue weighted by Crippen LogP contribution is 2.14. The second-order valence-corrected chi connectivity index (χ2v) is 6.61. The van der Waals surface area contributed by atoms with Gasteiger partial charge in [-0.05, 0) is 62.8 Å². The summed E-state index contributed by atoms with van der Waals surface area (Å²) < 4.78 is 0. The van der Waals surface area contributed by atoms with E-state index in [1.165, 1.54) is 0 Å². The normalized spacial score (nSPS) is 9.43. The summed E-state index contributed by atoms with van der Waals surface area (Å²) in [6, 6.07) is 12.1. The number of carboxylic acids is 2. The molecule has 28 heavy (non-hydrogen) atoms. The molecule has 2 aromatic rings. The van der Waals surface area contributed by atoms with Crippen molar-refractivity contribution < 1.29 is 19.8 Å². The van der Waals surface area contributed by atoms with E-state index in [1.54, 1.807) is 0 Å². The molecule has 0 radical (unpaired) electrons. The number of rotatable bonds is 5. The summed E-state index contributed by atoms with van der Waals surface area (Å²) in [7, 11) is 0. The summed E-state index contributed by atoms with van der Waals surface area (Å²) in [4.78, 5) is 19.8. The van der Waals surface area contributed by atoms with Gasteiger partial charge < -0.3 is 21.7 Å². The maximum Gasteiger partial charge on any atom is 0.303 e. The fraction of sp³-hybridized carbons (Fsp3) is 0.364. The number of nitrogens with two attached hydrogens (primary N) is 2. The third kappa shape index (κ3) is 10.9. The first-order chi connectivity index (χ1) is 13.1. The zero-order chi connectivity index (χ0) is 21.7. The van der Waals surface area contributed by atoms with Crippen LogP contribution < -0.4 is 11.5 Å². The Morgan fingerprint density at radius 1 is 0.679 bits per heavy atom. The molecule has 0 unspecified atom stereocenters. The zero-order valence-electron chi connectivity index (χ0n) is 17.2. The number of benzene rings is 2. The molecule has 0 spiro atoms. The molecular formula is C22H32N2O4. The van der Waals surface area contributed by atoms with Crippen molar-refractivity contribution in [1.82, 2.24) is 0 Å².